The second-order valence-electron chi connectivity index (χ2n) is 7.06. The van der Waals surface area contributed by atoms with Gasteiger partial charge in [0, 0.05) is 24.9 Å². The molecule has 3 rings (SSSR count). The zero-order valence-corrected chi connectivity index (χ0v) is 19.3. The molecular formula is C21H25N5O3S2. The molecule has 1 heterocycles. The van der Waals surface area contributed by atoms with Crippen molar-refractivity contribution in [2.45, 2.75) is 23.9 Å². The predicted molar refractivity (Wildman–Crippen MR) is 121 cm³/mol. The number of carbonyl (C=O) groups is 1. The van der Waals surface area contributed by atoms with Gasteiger partial charge in [-0.25, -0.2) is 13.4 Å². The van der Waals surface area contributed by atoms with E-state index in [1.165, 1.54) is 18.8 Å². The Hall–Kier alpha value is -2.69. The van der Waals surface area contributed by atoms with Crippen molar-refractivity contribution < 1.29 is 13.2 Å². The van der Waals surface area contributed by atoms with Crippen LogP contribution in [0.15, 0.2) is 58.6 Å². The molecule has 0 atom stereocenters. The van der Waals surface area contributed by atoms with Crippen LogP contribution in [0.3, 0.4) is 0 Å². The lowest BCUT2D eigenvalue weighted by molar-refractivity contribution is -0.121. The van der Waals surface area contributed by atoms with Crippen molar-refractivity contribution in [2.24, 2.45) is 0 Å². The Kier molecular flexibility index (Phi) is 7.47. The summed E-state index contributed by atoms with van der Waals surface area (Å²) < 4.78 is 26.7. The SMILES string of the molecule is Cc1ccc(C)c(S(=O)(=O)N(C)CC(=O)NCCSc2n[nH]c(-c3ccccc3)n2)c1. The molecule has 31 heavy (non-hydrogen) atoms. The summed E-state index contributed by atoms with van der Waals surface area (Å²) in [4.78, 5) is 16.9. The van der Waals surface area contributed by atoms with Gasteiger partial charge in [-0.3, -0.25) is 9.89 Å². The monoisotopic (exact) mass is 459 g/mol. The fourth-order valence-electron chi connectivity index (χ4n) is 2.87. The van der Waals surface area contributed by atoms with E-state index in [0.29, 0.717) is 28.8 Å². The van der Waals surface area contributed by atoms with E-state index in [9.17, 15) is 13.2 Å². The minimum absolute atomic E-state index is 0.220. The Morgan fingerprint density at radius 3 is 2.65 bits per heavy atom. The molecule has 10 heteroatoms. The van der Waals surface area contributed by atoms with Crippen LogP contribution in [0.1, 0.15) is 11.1 Å². The maximum atomic E-state index is 12.8. The smallest absolute Gasteiger partial charge is 0.243 e. The second-order valence-corrected chi connectivity index (χ2v) is 10.1. The van der Waals surface area contributed by atoms with Gasteiger partial charge in [0.15, 0.2) is 5.82 Å². The summed E-state index contributed by atoms with van der Waals surface area (Å²) >= 11 is 1.40. The minimum Gasteiger partial charge on any atom is -0.354 e. The molecule has 0 spiro atoms. The fraction of sp³-hybridized carbons (Fsp3) is 0.286. The topological polar surface area (TPSA) is 108 Å². The van der Waals surface area contributed by atoms with Crippen LogP contribution in [0.5, 0.6) is 0 Å². The molecule has 8 nitrogen and oxygen atoms in total. The highest BCUT2D eigenvalue weighted by atomic mass is 32.2. The molecule has 2 N–H and O–H groups in total. The molecular weight excluding hydrogens is 434 g/mol. The first-order chi connectivity index (χ1) is 14.8. The van der Waals surface area contributed by atoms with Crippen molar-refractivity contribution >= 4 is 27.7 Å². The van der Waals surface area contributed by atoms with Crippen molar-refractivity contribution in [1.82, 2.24) is 24.8 Å². The maximum Gasteiger partial charge on any atom is 0.243 e. The van der Waals surface area contributed by atoms with E-state index in [4.69, 9.17) is 0 Å². The standard InChI is InChI=1S/C21H25N5O3S2/c1-15-9-10-16(2)18(13-15)31(28,29)26(3)14-19(27)22-11-12-30-21-23-20(24-25-21)17-7-5-4-6-8-17/h4-10,13H,11-12,14H2,1-3H3,(H,22,27)(H,23,24,25). The van der Waals surface area contributed by atoms with Crippen LogP contribution in [0.25, 0.3) is 11.4 Å². The van der Waals surface area contributed by atoms with Crippen molar-refractivity contribution in [1.29, 1.82) is 0 Å². The number of benzene rings is 2. The van der Waals surface area contributed by atoms with Gasteiger partial charge in [-0.1, -0.05) is 54.2 Å². The molecule has 0 saturated carbocycles. The summed E-state index contributed by atoms with van der Waals surface area (Å²) in [7, 11) is -2.33. The van der Waals surface area contributed by atoms with Crippen LogP contribution in [-0.4, -0.2) is 59.7 Å². The van der Waals surface area contributed by atoms with Crippen LogP contribution in [-0.2, 0) is 14.8 Å². The first-order valence-electron chi connectivity index (χ1n) is 9.68. The number of aromatic amines is 1. The number of rotatable bonds is 9. The first-order valence-corrected chi connectivity index (χ1v) is 12.1. The van der Waals surface area contributed by atoms with Gasteiger partial charge in [0.25, 0.3) is 0 Å². The molecule has 0 aliphatic heterocycles. The van der Waals surface area contributed by atoms with Crippen molar-refractivity contribution in [3.63, 3.8) is 0 Å². The van der Waals surface area contributed by atoms with E-state index in [1.54, 1.807) is 19.1 Å². The maximum absolute atomic E-state index is 12.8. The average molecular weight is 460 g/mol. The van der Waals surface area contributed by atoms with Gasteiger partial charge in [0.05, 0.1) is 11.4 Å². The summed E-state index contributed by atoms with van der Waals surface area (Å²) in [5.41, 5.74) is 2.44. The molecule has 0 saturated heterocycles. The van der Waals surface area contributed by atoms with Gasteiger partial charge in [-0.05, 0) is 31.0 Å². The second kappa shape index (κ2) is 10.1. The quantitative estimate of drug-likeness (QED) is 0.376. The lowest BCUT2D eigenvalue weighted by Gasteiger charge is -2.18. The van der Waals surface area contributed by atoms with Crippen molar-refractivity contribution in [2.75, 3.05) is 25.9 Å². The lowest BCUT2D eigenvalue weighted by atomic mass is 10.2. The molecule has 0 aliphatic carbocycles. The van der Waals surface area contributed by atoms with Gasteiger partial charge in [-0.15, -0.1) is 5.10 Å². The number of likely N-dealkylation sites (N-methyl/N-ethyl adjacent to an activating group) is 1. The number of amides is 1. The number of hydrogen-bond donors (Lipinski definition) is 2. The fourth-order valence-corrected chi connectivity index (χ4v) is 4.95. The van der Waals surface area contributed by atoms with Crippen LogP contribution < -0.4 is 5.32 Å². The van der Waals surface area contributed by atoms with Gasteiger partial charge >= 0.3 is 0 Å². The van der Waals surface area contributed by atoms with Crippen molar-refractivity contribution in [3.05, 3.63) is 59.7 Å². The number of carbonyl (C=O) groups excluding carboxylic acids is 1. The Balaban J connectivity index is 1.47. The van der Waals surface area contributed by atoms with Gasteiger partial charge in [0.2, 0.25) is 21.1 Å². The summed E-state index contributed by atoms with van der Waals surface area (Å²) in [5.74, 6) is 0.882. The number of aryl methyl sites for hydroxylation is 2. The van der Waals surface area contributed by atoms with Crippen LogP contribution in [0.2, 0.25) is 0 Å². The summed E-state index contributed by atoms with van der Waals surface area (Å²) in [6.07, 6.45) is 0. The highest BCUT2D eigenvalue weighted by Crippen LogP contribution is 2.20. The molecule has 2 aromatic carbocycles. The van der Waals surface area contributed by atoms with E-state index in [0.717, 1.165) is 15.4 Å². The minimum atomic E-state index is -3.74. The predicted octanol–water partition coefficient (Wildman–Crippen LogP) is 2.62. The molecule has 0 radical (unpaired) electrons. The largest absolute Gasteiger partial charge is 0.354 e. The molecule has 3 aromatic rings. The summed E-state index contributed by atoms with van der Waals surface area (Å²) in [5, 5.41) is 10.4. The normalized spacial score (nSPS) is 11.6. The Labute approximate surface area is 186 Å². The number of sulfonamides is 1. The highest BCUT2D eigenvalue weighted by Gasteiger charge is 2.24. The van der Waals surface area contributed by atoms with E-state index in [1.807, 2.05) is 43.3 Å². The number of nitrogens with one attached hydrogen (secondary N) is 2. The van der Waals surface area contributed by atoms with E-state index in [-0.39, 0.29) is 17.3 Å². The molecule has 0 fully saturated rings. The summed E-state index contributed by atoms with van der Waals surface area (Å²) in [6.45, 7) is 3.69. The third kappa shape index (κ3) is 5.93. The zero-order chi connectivity index (χ0) is 22.4. The molecule has 1 aromatic heterocycles. The van der Waals surface area contributed by atoms with E-state index >= 15 is 0 Å². The van der Waals surface area contributed by atoms with E-state index < -0.39 is 10.0 Å². The van der Waals surface area contributed by atoms with E-state index in [2.05, 4.69) is 20.5 Å². The zero-order valence-electron chi connectivity index (χ0n) is 17.6. The Bertz CT molecular complexity index is 1150. The van der Waals surface area contributed by atoms with Crippen LogP contribution in [0, 0.1) is 13.8 Å². The third-order valence-electron chi connectivity index (χ3n) is 4.57. The first kappa shape index (κ1) is 23.0. The third-order valence-corrected chi connectivity index (χ3v) is 7.36. The number of H-pyrrole nitrogens is 1. The molecule has 164 valence electrons. The highest BCUT2D eigenvalue weighted by molar-refractivity contribution is 7.99. The number of hydrogen-bond acceptors (Lipinski definition) is 6. The Morgan fingerprint density at radius 2 is 1.90 bits per heavy atom. The Morgan fingerprint density at radius 1 is 1.16 bits per heavy atom. The van der Waals surface area contributed by atoms with Gasteiger partial charge < -0.3 is 5.32 Å². The lowest BCUT2D eigenvalue weighted by Crippen LogP contribution is -2.39. The molecule has 1 amide bonds. The van der Waals surface area contributed by atoms with Crippen molar-refractivity contribution in [3.8, 4) is 11.4 Å². The molecule has 0 bridgehead atoms. The number of thioether (sulfide) groups is 1. The van der Waals surface area contributed by atoms with Gasteiger partial charge in [0.1, 0.15) is 0 Å². The number of nitrogens with zero attached hydrogens (tertiary/aromatic N) is 3. The molecule has 0 unspecified atom stereocenters. The number of aromatic nitrogens is 3. The average Bonchev–Trinajstić information content (AvgIpc) is 3.22. The summed E-state index contributed by atoms with van der Waals surface area (Å²) in [6, 6.07) is 14.9. The van der Waals surface area contributed by atoms with Crippen LogP contribution >= 0.6 is 11.8 Å². The van der Waals surface area contributed by atoms with Gasteiger partial charge in [-0.2, -0.15) is 4.31 Å². The van der Waals surface area contributed by atoms with Crippen LogP contribution in [0.4, 0.5) is 0 Å². The molecule has 0 aliphatic rings.